The molecule has 1 fully saturated rings. The molecule has 1 saturated heterocycles. The summed E-state index contributed by atoms with van der Waals surface area (Å²) in [7, 11) is -1.41. The normalized spacial score (nSPS) is 17.0. The van der Waals surface area contributed by atoms with Crippen LogP contribution in [0.4, 0.5) is 5.69 Å². The van der Waals surface area contributed by atoms with Crippen molar-refractivity contribution in [3.63, 3.8) is 0 Å². The van der Waals surface area contributed by atoms with Crippen LogP contribution in [-0.4, -0.2) is 0 Å². The Morgan fingerprint density at radius 3 is 1.73 bits per heavy atom. The van der Waals surface area contributed by atoms with Crippen LogP contribution in [0, 0.1) is 0 Å². The van der Waals surface area contributed by atoms with Gasteiger partial charge >= 0.3 is 0 Å². The van der Waals surface area contributed by atoms with E-state index in [0.717, 1.165) is 10.7 Å². The minimum Gasteiger partial charge on any atom is -0.236 e. The lowest BCUT2D eigenvalue weighted by atomic mass is 10.3. The molecule has 0 atom stereocenters. The van der Waals surface area contributed by atoms with Gasteiger partial charge in [0.15, 0.2) is 0 Å². The summed E-state index contributed by atoms with van der Waals surface area (Å²) in [6.07, 6.45) is 0. The van der Waals surface area contributed by atoms with E-state index in [9.17, 15) is 0 Å². The average Bonchev–Trinajstić information content (AvgIpc) is 3.34. The van der Waals surface area contributed by atoms with E-state index < -0.39 is 10.4 Å². The van der Waals surface area contributed by atoms with Crippen LogP contribution < -0.4 is 9.25 Å². The van der Waals surface area contributed by atoms with E-state index in [-0.39, 0.29) is 0 Å². The van der Waals surface area contributed by atoms with Crippen LogP contribution in [0.2, 0.25) is 5.02 Å². The molecule has 0 amide bonds. The van der Waals surface area contributed by atoms with Crippen LogP contribution in [0.3, 0.4) is 0 Å². The smallest absolute Gasteiger partial charge is 0.0846 e. The fraction of sp³-hybridized carbons (Fsp3) is 0. The Hall–Kier alpha value is -1.94. The second-order valence-corrected chi connectivity index (χ2v) is 8.10. The molecule has 0 radical (unpaired) electrons. The maximum atomic E-state index is 6.39. The minimum atomic E-state index is -1.41. The molecule has 0 aromatic heterocycles. The second-order valence-electron chi connectivity index (χ2n) is 5.04. The van der Waals surface area contributed by atoms with Crippen molar-refractivity contribution in [2.45, 2.75) is 9.79 Å². The van der Waals surface area contributed by atoms with Crippen molar-refractivity contribution in [3.8, 4) is 0 Å². The summed E-state index contributed by atoms with van der Waals surface area (Å²) >= 11 is 6.39. The number of para-hydroxylation sites is 1. The molecule has 1 aliphatic heterocycles. The predicted molar refractivity (Wildman–Crippen MR) is 94.1 cm³/mol. The summed E-state index contributed by atoms with van der Waals surface area (Å²) in [5, 5.41) is 0.760. The van der Waals surface area contributed by atoms with Crippen molar-refractivity contribution in [2.24, 2.45) is 0 Å². The number of hydrazine groups is 1. The summed E-state index contributed by atoms with van der Waals surface area (Å²) in [5.41, 5.74) is 1.02. The Balaban J connectivity index is 1.85. The molecule has 1 heterocycles. The summed E-state index contributed by atoms with van der Waals surface area (Å²) < 4.78 is 2.21. The van der Waals surface area contributed by atoms with E-state index in [1.165, 1.54) is 9.79 Å². The third-order valence-electron chi connectivity index (χ3n) is 3.70. The van der Waals surface area contributed by atoms with Crippen LogP contribution >= 0.6 is 22.0 Å². The van der Waals surface area contributed by atoms with Gasteiger partial charge in [0.2, 0.25) is 0 Å². The minimum absolute atomic E-state index is 0.760. The molecule has 0 bridgehead atoms. The van der Waals surface area contributed by atoms with Gasteiger partial charge in [-0.2, -0.15) is 4.83 Å². The molecule has 0 spiro atoms. The van der Waals surface area contributed by atoms with Gasteiger partial charge in [-0.1, -0.05) is 60.1 Å². The highest BCUT2D eigenvalue weighted by Gasteiger charge is 2.50. The summed E-state index contributed by atoms with van der Waals surface area (Å²) in [6.45, 7) is 0. The summed E-state index contributed by atoms with van der Waals surface area (Å²) in [5.74, 6) is 0. The Labute approximate surface area is 136 Å². The van der Waals surface area contributed by atoms with Gasteiger partial charge in [-0.15, -0.1) is 0 Å². The van der Waals surface area contributed by atoms with Gasteiger partial charge in [0.25, 0.3) is 0 Å². The van der Waals surface area contributed by atoms with E-state index in [2.05, 4.69) is 63.8 Å². The molecule has 4 heteroatoms. The van der Waals surface area contributed by atoms with Crippen LogP contribution in [0.15, 0.2) is 94.7 Å². The molecular formula is C18H15ClN2S. The second kappa shape index (κ2) is 5.36. The molecule has 1 N–H and O–H groups in total. The monoisotopic (exact) mass is 326 g/mol. The van der Waals surface area contributed by atoms with E-state index in [1.807, 2.05) is 30.3 Å². The summed E-state index contributed by atoms with van der Waals surface area (Å²) in [6, 6.07) is 29.1. The van der Waals surface area contributed by atoms with Gasteiger partial charge in [-0.3, -0.25) is 0 Å². The van der Waals surface area contributed by atoms with E-state index in [0.29, 0.717) is 0 Å². The number of hydrogen-bond acceptors (Lipinski definition) is 2. The topological polar surface area (TPSA) is 25.0 Å². The Morgan fingerprint density at radius 1 is 0.682 bits per heavy atom. The van der Waals surface area contributed by atoms with Crippen molar-refractivity contribution < 1.29 is 0 Å². The molecule has 3 aromatic carbocycles. The van der Waals surface area contributed by atoms with Gasteiger partial charge in [0.1, 0.15) is 0 Å². The van der Waals surface area contributed by atoms with Gasteiger partial charge in [-0.25, -0.2) is 4.41 Å². The van der Waals surface area contributed by atoms with Gasteiger partial charge in [-0.05, 0) is 46.8 Å². The first kappa shape index (κ1) is 13.7. The molecule has 4 rings (SSSR count). The Bertz CT molecular complexity index is 753. The molecule has 0 saturated carbocycles. The van der Waals surface area contributed by atoms with Gasteiger partial charge in [0, 0.05) is 9.79 Å². The number of nitrogens with one attached hydrogen (secondary N) is 1. The molecule has 0 aliphatic carbocycles. The quantitative estimate of drug-likeness (QED) is 0.650. The summed E-state index contributed by atoms with van der Waals surface area (Å²) in [4.78, 5) is 6.16. The first-order valence-corrected chi connectivity index (χ1v) is 9.05. The zero-order valence-corrected chi connectivity index (χ0v) is 13.4. The van der Waals surface area contributed by atoms with Crippen LogP contribution in [0.25, 0.3) is 0 Å². The van der Waals surface area contributed by atoms with E-state index in [4.69, 9.17) is 11.6 Å². The maximum Gasteiger partial charge on any atom is 0.0846 e. The SMILES string of the molecule is Clc1ccccc1N1NS1(c1ccccc1)c1ccccc1. The standard InChI is InChI=1S/C18H15ClN2S/c19-17-13-7-8-14-18(17)21-20-22(21,15-9-3-1-4-10-15)16-11-5-2-6-12-16/h1-14,20H. The van der Waals surface area contributed by atoms with Crippen molar-refractivity contribution in [2.75, 3.05) is 4.41 Å². The lowest BCUT2D eigenvalue weighted by Crippen LogP contribution is -1.98. The zero-order chi connectivity index (χ0) is 15.0. The molecule has 22 heavy (non-hydrogen) atoms. The van der Waals surface area contributed by atoms with Gasteiger partial charge < -0.3 is 0 Å². The Kier molecular flexibility index (Phi) is 3.34. The Morgan fingerprint density at radius 2 is 1.18 bits per heavy atom. The largest absolute Gasteiger partial charge is 0.236 e. The number of benzene rings is 3. The lowest BCUT2D eigenvalue weighted by Gasteiger charge is -2.21. The average molecular weight is 327 g/mol. The number of hydrogen-bond donors (Lipinski definition) is 1. The molecule has 2 nitrogen and oxygen atoms in total. The van der Waals surface area contributed by atoms with Crippen molar-refractivity contribution in [3.05, 3.63) is 90.0 Å². The molecule has 0 unspecified atom stereocenters. The number of halogens is 1. The van der Waals surface area contributed by atoms with E-state index >= 15 is 0 Å². The molecular weight excluding hydrogens is 312 g/mol. The fourth-order valence-corrected chi connectivity index (χ4v) is 5.86. The highest BCUT2D eigenvalue weighted by atomic mass is 35.5. The van der Waals surface area contributed by atoms with E-state index in [1.54, 1.807) is 0 Å². The van der Waals surface area contributed by atoms with Crippen LogP contribution in [0.1, 0.15) is 0 Å². The first-order chi connectivity index (χ1) is 10.8. The van der Waals surface area contributed by atoms with Crippen molar-refractivity contribution in [1.82, 2.24) is 4.83 Å². The first-order valence-electron chi connectivity index (χ1n) is 7.08. The highest BCUT2D eigenvalue weighted by Crippen LogP contribution is 2.73. The third kappa shape index (κ3) is 2.10. The molecule has 110 valence electrons. The molecule has 1 aliphatic rings. The number of rotatable bonds is 3. The van der Waals surface area contributed by atoms with Gasteiger partial charge in [0.05, 0.1) is 10.7 Å². The lowest BCUT2D eigenvalue weighted by molar-refractivity contribution is 1.24. The fourth-order valence-electron chi connectivity index (χ4n) is 2.60. The maximum absolute atomic E-state index is 6.39. The number of anilines is 1. The zero-order valence-electron chi connectivity index (χ0n) is 11.8. The van der Waals surface area contributed by atoms with Crippen molar-refractivity contribution >= 4 is 27.7 Å². The van der Waals surface area contributed by atoms with Crippen molar-refractivity contribution in [1.29, 1.82) is 0 Å². The molecule has 3 aromatic rings. The van der Waals surface area contributed by atoms with Crippen LogP contribution in [0.5, 0.6) is 0 Å². The third-order valence-corrected chi connectivity index (χ3v) is 7.03. The van der Waals surface area contributed by atoms with Crippen LogP contribution in [-0.2, 0) is 0 Å². The highest BCUT2D eigenvalue weighted by molar-refractivity contribution is 8.38. The predicted octanol–water partition coefficient (Wildman–Crippen LogP) is 5.42. The number of nitrogens with zero attached hydrogens (tertiary/aromatic N) is 1.